The average molecular weight is 404 g/mol. The fraction of sp³-hybridized carbons (Fsp3) is 0.154. The third-order valence-electron chi connectivity index (χ3n) is 3.08. The van der Waals surface area contributed by atoms with Gasteiger partial charge in [-0.25, -0.2) is 14.2 Å². The fourth-order valence-corrected chi connectivity index (χ4v) is 3.12. The highest BCUT2D eigenvalue weighted by molar-refractivity contribution is 7.99. The number of carboxylic acids is 1. The molecule has 0 radical (unpaired) electrons. The van der Waals surface area contributed by atoms with Crippen molar-refractivity contribution in [1.29, 1.82) is 0 Å². The van der Waals surface area contributed by atoms with Crippen molar-refractivity contribution >= 4 is 52.9 Å². The molecule has 132 valence electrons. The summed E-state index contributed by atoms with van der Waals surface area (Å²) in [5.41, 5.74) is 4.22. The summed E-state index contributed by atoms with van der Waals surface area (Å²) in [5.74, 6) is -1.38. The SMILES string of the molecule is Cl.NCCSc1nc2c(cc1F)c(=O)c(C(=O)O)cn2-c1cnsn1. The second-order valence-electron chi connectivity index (χ2n) is 4.60. The van der Waals surface area contributed by atoms with Gasteiger partial charge in [-0.05, 0) is 6.07 Å². The van der Waals surface area contributed by atoms with Gasteiger partial charge in [0.25, 0.3) is 0 Å². The molecule has 3 aromatic rings. The van der Waals surface area contributed by atoms with E-state index in [2.05, 4.69) is 13.7 Å². The summed E-state index contributed by atoms with van der Waals surface area (Å²) in [7, 11) is 0. The maximum atomic E-state index is 14.2. The molecule has 3 N–H and O–H groups in total. The van der Waals surface area contributed by atoms with Crippen LogP contribution in [0.1, 0.15) is 10.4 Å². The van der Waals surface area contributed by atoms with Crippen LogP contribution in [0.2, 0.25) is 0 Å². The van der Waals surface area contributed by atoms with E-state index in [0.717, 1.165) is 35.8 Å². The van der Waals surface area contributed by atoms with E-state index in [-0.39, 0.29) is 28.5 Å². The molecule has 0 atom stereocenters. The van der Waals surface area contributed by atoms with E-state index in [1.807, 2.05) is 0 Å². The first-order chi connectivity index (χ1) is 11.5. The average Bonchev–Trinajstić information content (AvgIpc) is 3.08. The first-order valence-corrected chi connectivity index (χ1v) is 8.34. The lowest BCUT2D eigenvalue weighted by Crippen LogP contribution is -2.19. The van der Waals surface area contributed by atoms with Crippen LogP contribution in [0.5, 0.6) is 0 Å². The van der Waals surface area contributed by atoms with Gasteiger partial charge in [0.15, 0.2) is 17.3 Å². The molecule has 0 aliphatic carbocycles. The molecule has 3 heterocycles. The van der Waals surface area contributed by atoms with Crippen LogP contribution in [0.25, 0.3) is 16.9 Å². The first kappa shape index (κ1) is 19.2. The summed E-state index contributed by atoms with van der Waals surface area (Å²) in [6.45, 7) is 0.338. The zero-order valence-corrected chi connectivity index (χ0v) is 14.8. The minimum Gasteiger partial charge on any atom is -0.477 e. The number of rotatable bonds is 5. The highest BCUT2D eigenvalue weighted by Crippen LogP contribution is 2.24. The summed E-state index contributed by atoms with van der Waals surface area (Å²) in [6, 6.07) is 0.992. The number of aromatic carboxylic acids is 1. The normalized spacial score (nSPS) is 10.6. The highest BCUT2D eigenvalue weighted by Gasteiger charge is 2.19. The predicted octanol–water partition coefficient (Wildman–Crippen LogP) is 1.55. The van der Waals surface area contributed by atoms with Crippen LogP contribution < -0.4 is 11.2 Å². The van der Waals surface area contributed by atoms with Crippen molar-refractivity contribution in [2.75, 3.05) is 12.3 Å². The Morgan fingerprint density at radius 2 is 2.24 bits per heavy atom. The van der Waals surface area contributed by atoms with Gasteiger partial charge in [-0.3, -0.25) is 9.36 Å². The highest BCUT2D eigenvalue weighted by atomic mass is 35.5. The molecule has 25 heavy (non-hydrogen) atoms. The van der Waals surface area contributed by atoms with Crippen molar-refractivity contribution in [1.82, 2.24) is 18.3 Å². The van der Waals surface area contributed by atoms with Crippen LogP contribution >= 0.6 is 35.9 Å². The number of hydrogen-bond donors (Lipinski definition) is 2. The van der Waals surface area contributed by atoms with Crippen molar-refractivity contribution < 1.29 is 14.3 Å². The van der Waals surface area contributed by atoms with Crippen molar-refractivity contribution in [2.24, 2.45) is 5.73 Å². The standard InChI is InChI=1S/C13H10FN5O3S2.ClH/c14-8-3-6-10(20)7(13(21)22)5-19(9-4-16-24-18-9)11(6)17-12(8)23-2-1-15;/h3-5H,1-2,15H2,(H,21,22);1H. The second-order valence-corrected chi connectivity index (χ2v) is 6.24. The molecule has 12 heteroatoms. The summed E-state index contributed by atoms with van der Waals surface area (Å²) >= 11 is 2.02. The number of nitrogens with two attached hydrogens (primary N) is 1. The monoisotopic (exact) mass is 403 g/mol. The Labute approximate surface area is 154 Å². The fourth-order valence-electron chi connectivity index (χ4n) is 2.06. The Morgan fingerprint density at radius 3 is 2.84 bits per heavy atom. The van der Waals surface area contributed by atoms with E-state index in [4.69, 9.17) is 5.73 Å². The van der Waals surface area contributed by atoms with Gasteiger partial charge in [0.05, 0.1) is 23.3 Å². The number of carboxylic acid groups (broad SMARTS) is 1. The Kier molecular flexibility index (Phi) is 6.06. The maximum absolute atomic E-state index is 14.2. The number of halogens is 2. The lowest BCUT2D eigenvalue weighted by atomic mass is 10.2. The molecule has 0 amide bonds. The van der Waals surface area contributed by atoms with E-state index >= 15 is 0 Å². The molecule has 0 fully saturated rings. The van der Waals surface area contributed by atoms with E-state index in [1.54, 1.807) is 0 Å². The van der Waals surface area contributed by atoms with Gasteiger partial charge in [-0.15, -0.1) is 24.2 Å². The second kappa shape index (κ2) is 7.87. The topological polar surface area (TPSA) is 124 Å². The largest absolute Gasteiger partial charge is 0.477 e. The molecular formula is C13H11ClFN5O3S2. The van der Waals surface area contributed by atoms with Crippen molar-refractivity contribution in [3.05, 3.63) is 40.1 Å². The van der Waals surface area contributed by atoms with Gasteiger partial charge in [0.1, 0.15) is 10.6 Å². The van der Waals surface area contributed by atoms with Gasteiger partial charge >= 0.3 is 5.97 Å². The van der Waals surface area contributed by atoms with Crippen LogP contribution in [0.3, 0.4) is 0 Å². The molecule has 0 aliphatic heterocycles. The predicted molar refractivity (Wildman–Crippen MR) is 94.8 cm³/mol. The quantitative estimate of drug-likeness (QED) is 0.615. The molecule has 0 spiro atoms. The maximum Gasteiger partial charge on any atom is 0.341 e. The van der Waals surface area contributed by atoms with Gasteiger partial charge in [-0.1, -0.05) is 0 Å². The summed E-state index contributed by atoms with van der Waals surface area (Å²) in [4.78, 5) is 27.8. The summed E-state index contributed by atoms with van der Waals surface area (Å²) < 4.78 is 23.4. The van der Waals surface area contributed by atoms with E-state index in [9.17, 15) is 19.1 Å². The summed E-state index contributed by atoms with van der Waals surface area (Å²) in [5, 5.41) is 9.14. The molecule has 8 nitrogen and oxygen atoms in total. The van der Waals surface area contributed by atoms with Crippen LogP contribution in [0.15, 0.2) is 28.3 Å². The summed E-state index contributed by atoms with van der Waals surface area (Å²) in [6.07, 6.45) is 2.52. The number of nitrogens with zero attached hydrogens (tertiary/aromatic N) is 4. The van der Waals surface area contributed by atoms with Crippen LogP contribution in [-0.2, 0) is 0 Å². The first-order valence-electron chi connectivity index (χ1n) is 6.63. The molecular weight excluding hydrogens is 393 g/mol. The number of thioether (sulfide) groups is 1. The molecule has 0 bridgehead atoms. The van der Waals surface area contributed by atoms with Gasteiger partial charge in [0.2, 0.25) is 5.43 Å². The van der Waals surface area contributed by atoms with E-state index < -0.39 is 22.8 Å². The molecule has 0 unspecified atom stereocenters. The Bertz CT molecular complexity index is 980. The van der Waals surface area contributed by atoms with E-state index in [0.29, 0.717) is 18.1 Å². The number of hydrogen-bond acceptors (Lipinski definition) is 8. The smallest absolute Gasteiger partial charge is 0.341 e. The van der Waals surface area contributed by atoms with Crippen LogP contribution in [-0.4, -0.2) is 41.7 Å². The number of fused-ring (bicyclic) bond motifs is 1. The number of carbonyl (C=O) groups is 1. The third-order valence-corrected chi connectivity index (χ3v) is 4.55. The molecule has 0 saturated heterocycles. The zero-order valence-electron chi connectivity index (χ0n) is 12.4. The van der Waals surface area contributed by atoms with Crippen molar-refractivity contribution in [2.45, 2.75) is 5.03 Å². The molecule has 0 saturated carbocycles. The Morgan fingerprint density at radius 1 is 1.48 bits per heavy atom. The molecule has 3 aromatic heterocycles. The van der Waals surface area contributed by atoms with E-state index in [1.165, 1.54) is 10.8 Å². The number of pyridine rings is 2. The molecule has 0 aromatic carbocycles. The third kappa shape index (κ3) is 3.63. The van der Waals surface area contributed by atoms with Crippen LogP contribution in [0.4, 0.5) is 4.39 Å². The van der Waals surface area contributed by atoms with Crippen LogP contribution in [0, 0.1) is 5.82 Å². The Hall–Kier alpha value is -2.08. The lowest BCUT2D eigenvalue weighted by molar-refractivity contribution is 0.0695. The lowest BCUT2D eigenvalue weighted by Gasteiger charge is -2.10. The molecule has 0 aliphatic rings. The molecule has 3 rings (SSSR count). The number of aromatic nitrogens is 4. The minimum atomic E-state index is -1.42. The minimum absolute atomic E-state index is 0. The van der Waals surface area contributed by atoms with Gasteiger partial charge in [0, 0.05) is 18.5 Å². The zero-order chi connectivity index (χ0) is 17.3. The van der Waals surface area contributed by atoms with Gasteiger partial charge < -0.3 is 10.8 Å². The van der Waals surface area contributed by atoms with Crippen molar-refractivity contribution in [3.63, 3.8) is 0 Å². The van der Waals surface area contributed by atoms with Gasteiger partial charge in [-0.2, -0.15) is 8.75 Å². The van der Waals surface area contributed by atoms with Crippen molar-refractivity contribution in [3.8, 4) is 5.82 Å². The Balaban J connectivity index is 0.00000225.